The first kappa shape index (κ1) is 14.3. The van der Waals surface area contributed by atoms with Crippen LogP contribution in [-0.4, -0.2) is 50.8 Å². The zero-order valence-corrected chi connectivity index (χ0v) is 12.4. The van der Waals surface area contributed by atoms with Gasteiger partial charge in [-0.3, -0.25) is 0 Å². The summed E-state index contributed by atoms with van der Waals surface area (Å²) in [7, 11) is 4.29. The van der Waals surface area contributed by atoms with Gasteiger partial charge in [-0.25, -0.2) is 0 Å². The molecule has 0 aromatic carbocycles. The molecule has 2 atom stereocenters. The Morgan fingerprint density at radius 1 is 1.28 bits per heavy atom. The molecule has 0 aromatic rings. The minimum Gasteiger partial charge on any atom is -0.378 e. The molecule has 3 heteroatoms. The van der Waals surface area contributed by atoms with Crippen molar-refractivity contribution in [1.29, 1.82) is 0 Å². The molecule has 2 fully saturated rings. The first-order valence-electron chi connectivity index (χ1n) is 7.69. The molecule has 106 valence electrons. The molecule has 0 bridgehead atoms. The molecule has 3 nitrogen and oxygen atoms in total. The van der Waals surface area contributed by atoms with Crippen LogP contribution >= 0.6 is 0 Å². The summed E-state index contributed by atoms with van der Waals surface area (Å²) < 4.78 is 5.94. The molecule has 1 spiro atoms. The van der Waals surface area contributed by atoms with Gasteiger partial charge < -0.3 is 15.0 Å². The van der Waals surface area contributed by atoms with E-state index in [4.69, 9.17) is 4.74 Å². The van der Waals surface area contributed by atoms with Crippen molar-refractivity contribution in [3.63, 3.8) is 0 Å². The van der Waals surface area contributed by atoms with Gasteiger partial charge in [0.1, 0.15) is 0 Å². The van der Waals surface area contributed by atoms with Gasteiger partial charge in [0.15, 0.2) is 0 Å². The van der Waals surface area contributed by atoms with Crippen LogP contribution in [0.15, 0.2) is 0 Å². The highest BCUT2D eigenvalue weighted by Gasteiger charge is 2.56. The summed E-state index contributed by atoms with van der Waals surface area (Å²) in [6.07, 6.45) is 8.58. The maximum Gasteiger partial charge on any atom is 0.0661 e. The van der Waals surface area contributed by atoms with Crippen LogP contribution in [0.3, 0.4) is 0 Å². The monoisotopic (exact) mass is 254 g/mol. The predicted molar refractivity (Wildman–Crippen MR) is 75.9 cm³/mol. The van der Waals surface area contributed by atoms with E-state index >= 15 is 0 Å². The smallest absolute Gasteiger partial charge is 0.0661 e. The van der Waals surface area contributed by atoms with Crippen molar-refractivity contribution in [3.8, 4) is 0 Å². The zero-order chi connectivity index (χ0) is 13.0. The van der Waals surface area contributed by atoms with E-state index in [1.54, 1.807) is 0 Å². The average Bonchev–Trinajstić information content (AvgIpc) is 2.83. The number of hydrogen-bond donors (Lipinski definition) is 1. The second-order valence-electron chi connectivity index (χ2n) is 6.28. The average molecular weight is 254 g/mol. The molecule has 0 aromatic heterocycles. The molecule has 2 rings (SSSR count). The van der Waals surface area contributed by atoms with Crippen molar-refractivity contribution in [3.05, 3.63) is 0 Å². The maximum atomic E-state index is 5.94. The Bertz CT molecular complexity index is 249. The third kappa shape index (κ3) is 2.89. The van der Waals surface area contributed by atoms with Crippen molar-refractivity contribution >= 4 is 0 Å². The summed E-state index contributed by atoms with van der Waals surface area (Å²) in [5, 5.41) is 3.79. The maximum absolute atomic E-state index is 5.94. The van der Waals surface area contributed by atoms with E-state index in [9.17, 15) is 0 Å². The van der Waals surface area contributed by atoms with Crippen LogP contribution in [-0.2, 0) is 4.74 Å². The lowest BCUT2D eigenvalue weighted by Gasteiger charge is -2.54. The summed E-state index contributed by atoms with van der Waals surface area (Å²) in [5.74, 6) is 0. The Labute approximate surface area is 112 Å². The van der Waals surface area contributed by atoms with Crippen molar-refractivity contribution in [2.45, 2.75) is 57.6 Å². The summed E-state index contributed by atoms with van der Waals surface area (Å²) >= 11 is 0. The van der Waals surface area contributed by atoms with E-state index < -0.39 is 0 Å². The van der Waals surface area contributed by atoms with Crippen molar-refractivity contribution < 1.29 is 4.74 Å². The lowest BCUT2D eigenvalue weighted by molar-refractivity contribution is -0.130. The summed E-state index contributed by atoms with van der Waals surface area (Å²) in [6.45, 7) is 5.34. The summed E-state index contributed by atoms with van der Waals surface area (Å²) in [6, 6.07) is 0.721. The van der Waals surface area contributed by atoms with E-state index in [2.05, 4.69) is 31.2 Å². The summed E-state index contributed by atoms with van der Waals surface area (Å²) in [5.41, 5.74) is 0.494. The molecule has 2 aliphatic carbocycles. The minimum atomic E-state index is 0.494. The molecule has 2 unspecified atom stereocenters. The predicted octanol–water partition coefficient (Wildman–Crippen LogP) is 2.27. The zero-order valence-electron chi connectivity index (χ0n) is 12.4. The fourth-order valence-electron chi connectivity index (χ4n) is 3.84. The fraction of sp³-hybridized carbons (Fsp3) is 1.00. The Balaban J connectivity index is 1.76. The number of rotatable bonds is 7. The third-order valence-electron chi connectivity index (χ3n) is 4.86. The number of hydrogen-bond acceptors (Lipinski definition) is 3. The topological polar surface area (TPSA) is 24.5 Å². The van der Waals surface area contributed by atoms with Crippen LogP contribution in [0.1, 0.15) is 45.4 Å². The van der Waals surface area contributed by atoms with Crippen LogP contribution in [0.2, 0.25) is 0 Å². The van der Waals surface area contributed by atoms with E-state index in [0.29, 0.717) is 11.5 Å². The van der Waals surface area contributed by atoms with Gasteiger partial charge >= 0.3 is 0 Å². The van der Waals surface area contributed by atoms with Gasteiger partial charge in [0.05, 0.1) is 6.10 Å². The normalized spacial score (nSPS) is 30.0. The van der Waals surface area contributed by atoms with Gasteiger partial charge in [-0.2, -0.15) is 0 Å². The third-order valence-corrected chi connectivity index (χ3v) is 4.86. The molecule has 0 heterocycles. The standard InChI is InChI=1S/C15H30N2O/c1-4-18-14-12-13(15(14)8-5-6-9-15)16-10-7-11-17(2)3/h13-14,16H,4-12H2,1-3H3. The molecule has 0 amide bonds. The van der Waals surface area contributed by atoms with Crippen LogP contribution in [0.4, 0.5) is 0 Å². The molecule has 1 N–H and O–H groups in total. The van der Waals surface area contributed by atoms with Crippen molar-refractivity contribution in [2.75, 3.05) is 33.8 Å². The highest BCUT2D eigenvalue weighted by Crippen LogP contribution is 2.54. The highest BCUT2D eigenvalue weighted by molar-refractivity contribution is 5.09. The SMILES string of the molecule is CCOC1CC(NCCCN(C)C)C12CCCC2. The van der Waals surface area contributed by atoms with Crippen LogP contribution in [0.5, 0.6) is 0 Å². The molecule has 2 saturated carbocycles. The van der Waals surface area contributed by atoms with Crippen molar-refractivity contribution in [1.82, 2.24) is 10.2 Å². The van der Waals surface area contributed by atoms with Crippen LogP contribution in [0, 0.1) is 5.41 Å². The highest BCUT2D eigenvalue weighted by atomic mass is 16.5. The Hall–Kier alpha value is -0.120. The van der Waals surface area contributed by atoms with Crippen LogP contribution in [0.25, 0.3) is 0 Å². The first-order chi connectivity index (χ1) is 8.69. The van der Waals surface area contributed by atoms with E-state index in [0.717, 1.165) is 19.2 Å². The molecule has 0 saturated heterocycles. The van der Waals surface area contributed by atoms with E-state index in [1.807, 2.05) is 0 Å². The van der Waals surface area contributed by atoms with Gasteiger partial charge in [-0.1, -0.05) is 12.8 Å². The van der Waals surface area contributed by atoms with Crippen LogP contribution < -0.4 is 5.32 Å². The molecular weight excluding hydrogens is 224 g/mol. The number of nitrogens with one attached hydrogen (secondary N) is 1. The second-order valence-corrected chi connectivity index (χ2v) is 6.28. The van der Waals surface area contributed by atoms with Gasteiger partial charge in [0.2, 0.25) is 0 Å². The second kappa shape index (κ2) is 6.36. The Kier molecular flexibility index (Phi) is 5.05. The van der Waals surface area contributed by atoms with E-state index in [1.165, 1.54) is 45.1 Å². The minimum absolute atomic E-state index is 0.494. The fourth-order valence-corrected chi connectivity index (χ4v) is 3.84. The first-order valence-corrected chi connectivity index (χ1v) is 7.69. The Morgan fingerprint density at radius 2 is 2.00 bits per heavy atom. The number of ether oxygens (including phenoxy) is 1. The lowest BCUT2D eigenvalue weighted by Crippen LogP contribution is -2.62. The van der Waals surface area contributed by atoms with Gasteiger partial charge in [0.25, 0.3) is 0 Å². The van der Waals surface area contributed by atoms with Gasteiger partial charge in [0, 0.05) is 18.1 Å². The van der Waals surface area contributed by atoms with Gasteiger partial charge in [-0.15, -0.1) is 0 Å². The van der Waals surface area contributed by atoms with E-state index in [-0.39, 0.29) is 0 Å². The molecule has 0 radical (unpaired) electrons. The summed E-state index contributed by atoms with van der Waals surface area (Å²) in [4.78, 5) is 2.26. The molecule has 0 aliphatic heterocycles. The quantitative estimate of drug-likeness (QED) is 0.705. The molecule has 2 aliphatic rings. The molecule has 18 heavy (non-hydrogen) atoms. The number of nitrogens with zero attached hydrogens (tertiary/aromatic N) is 1. The Morgan fingerprint density at radius 3 is 2.61 bits per heavy atom. The lowest BCUT2D eigenvalue weighted by atomic mass is 9.60. The van der Waals surface area contributed by atoms with Gasteiger partial charge in [-0.05, 0) is 59.8 Å². The molecular formula is C15H30N2O. The largest absolute Gasteiger partial charge is 0.378 e. The van der Waals surface area contributed by atoms with Crippen molar-refractivity contribution in [2.24, 2.45) is 5.41 Å².